The van der Waals surface area contributed by atoms with Crippen LogP contribution >= 0.6 is 11.3 Å². The molecule has 0 aliphatic heterocycles. The Bertz CT molecular complexity index is 807. The molecule has 1 amide bonds. The van der Waals surface area contributed by atoms with E-state index < -0.39 is 5.91 Å². The standard InChI is InChI=1S/C17H16N2OS/c1-11-8-12(17(18)20)6-7-15(11)19-9-13-10-21-16-5-3-2-4-14(13)16/h2-8,10,19H,9H2,1H3,(H2,18,20). The molecule has 106 valence electrons. The van der Waals surface area contributed by atoms with Crippen LogP contribution in [0.4, 0.5) is 5.69 Å². The zero-order valence-electron chi connectivity index (χ0n) is 11.7. The molecule has 0 bridgehead atoms. The number of nitrogens with two attached hydrogens (primary N) is 1. The third kappa shape index (κ3) is 2.76. The van der Waals surface area contributed by atoms with Gasteiger partial charge in [0.2, 0.25) is 5.91 Å². The highest BCUT2D eigenvalue weighted by Gasteiger charge is 2.06. The van der Waals surface area contributed by atoms with Crippen molar-refractivity contribution < 1.29 is 4.79 Å². The van der Waals surface area contributed by atoms with Gasteiger partial charge in [0.1, 0.15) is 0 Å². The van der Waals surface area contributed by atoms with E-state index in [-0.39, 0.29) is 0 Å². The predicted molar refractivity (Wildman–Crippen MR) is 88.8 cm³/mol. The second-order valence-electron chi connectivity index (χ2n) is 5.00. The molecule has 0 atom stereocenters. The van der Waals surface area contributed by atoms with Gasteiger partial charge in [-0.05, 0) is 53.1 Å². The number of benzene rings is 2. The number of carbonyl (C=O) groups is 1. The van der Waals surface area contributed by atoms with Crippen LogP contribution in [0.25, 0.3) is 10.1 Å². The predicted octanol–water partition coefficient (Wildman–Crippen LogP) is 3.92. The Morgan fingerprint density at radius 1 is 1.24 bits per heavy atom. The van der Waals surface area contributed by atoms with Gasteiger partial charge in [0.15, 0.2) is 0 Å². The maximum Gasteiger partial charge on any atom is 0.248 e. The molecule has 0 unspecified atom stereocenters. The summed E-state index contributed by atoms with van der Waals surface area (Å²) in [6.07, 6.45) is 0. The van der Waals surface area contributed by atoms with Crippen molar-refractivity contribution in [3.05, 3.63) is 64.5 Å². The van der Waals surface area contributed by atoms with Gasteiger partial charge in [-0.3, -0.25) is 4.79 Å². The smallest absolute Gasteiger partial charge is 0.248 e. The van der Waals surface area contributed by atoms with Crippen LogP contribution in [0.3, 0.4) is 0 Å². The van der Waals surface area contributed by atoms with Crippen molar-refractivity contribution in [1.29, 1.82) is 0 Å². The van der Waals surface area contributed by atoms with E-state index in [1.165, 1.54) is 15.6 Å². The number of anilines is 1. The Balaban J connectivity index is 1.80. The zero-order valence-corrected chi connectivity index (χ0v) is 12.5. The Morgan fingerprint density at radius 3 is 2.81 bits per heavy atom. The fourth-order valence-corrected chi connectivity index (χ4v) is 3.34. The summed E-state index contributed by atoms with van der Waals surface area (Å²) in [7, 11) is 0. The fraction of sp³-hybridized carbons (Fsp3) is 0.118. The number of fused-ring (bicyclic) bond motifs is 1. The molecule has 0 spiro atoms. The Hall–Kier alpha value is -2.33. The highest BCUT2D eigenvalue weighted by molar-refractivity contribution is 7.17. The number of hydrogen-bond acceptors (Lipinski definition) is 3. The number of amides is 1. The number of hydrogen-bond donors (Lipinski definition) is 2. The van der Waals surface area contributed by atoms with Crippen LogP contribution in [0.1, 0.15) is 21.5 Å². The monoisotopic (exact) mass is 296 g/mol. The summed E-state index contributed by atoms with van der Waals surface area (Å²) in [5, 5.41) is 6.91. The number of primary amides is 1. The minimum absolute atomic E-state index is 0.395. The summed E-state index contributed by atoms with van der Waals surface area (Å²) >= 11 is 1.76. The van der Waals surface area contributed by atoms with Crippen molar-refractivity contribution in [2.75, 3.05) is 5.32 Å². The van der Waals surface area contributed by atoms with Gasteiger partial charge in [0, 0.05) is 22.5 Å². The van der Waals surface area contributed by atoms with Crippen molar-refractivity contribution >= 4 is 33.0 Å². The normalized spacial score (nSPS) is 10.7. The number of nitrogens with one attached hydrogen (secondary N) is 1. The molecule has 0 aliphatic rings. The van der Waals surface area contributed by atoms with E-state index in [2.05, 4.69) is 35.0 Å². The average molecular weight is 296 g/mol. The highest BCUT2D eigenvalue weighted by atomic mass is 32.1. The highest BCUT2D eigenvalue weighted by Crippen LogP contribution is 2.26. The molecule has 21 heavy (non-hydrogen) atoms. The first-order chi connectivity index (χ1) is 10.1. The van der Waals surface area contributed by atoms with Crippen LogP contribution < -0.4 is 11.1 Å². The fourth-order valence-electron chi connectivity index (χ4n) is 2.38. The van der Waals surface area contributed by atoms with Crippen molar-refractivity contribution in [1.82, 2.24) is 0 Å². The quantitative estimate of drug-likeness (QED) is 0.766. The minimum atomic E-state index is -0.395. The Morgan fingerprint density at radius 2 is 2.05 bits per heavy atom. The molecule has 2 aromatic carbocycles. The molecule has 4 heteroatoms. The topological polar surface area (TPSA) is 55.1 Å². The van der Waals surface area contributed by atoms with Gasteiger partial charge in [-0.2, -0.15) is 0 Å². The van der Waals surface area contributed by atoms with Gasteiger partial charge in [0.05, 0.1) is 0 Å². The van der Waals surface area contributed by atoms with E-state index in [9.17, 15) is 4.79 Å². The van der Waals surface area contributed by atoms with Crippen LogP contribution in [0, 0.1) is 6.92 Å². The Kier molecular flexibility index (Phi) is 3.62. The molecule has 3 N–H and O–H groups in total. The van der Waals surface area contributed by atoms with Crippen LogP contribution in [0.2, 0.25) is 0 Å². The summed E-state index contributed by atoms with van der Waals surface area (Å²) in [6.45, 7) is 2.74. The molecule has 3 rings (SSSR count). The molecule has 0 saturated heterocycles. The third-order valence-corrected chi connectivity index (χ3v) is 4.55. The van der Waals surface area contributed by atoms with E-state index in [4.69, 9.17) is 5.73 Å². The zero-order chi connectivity index (χ0) is 14.8. The molecule has 0 aliphatic carbocycles. The minimum Gasteiger partial charge on any atom is -0.381 e. The molecule has 0 saturated carbocycles. The first-order valence-corrected chi connectivity index (χ1v) is 7.62. The van der Waals surface area contributed by atoms with Gasteiger partial charge in [0.25, 0.3) is 0 Å². The summed E-state index contributed by atoms with van der Waals surface area (Å²) in [5.74, 6) is -0.395. The number of thiophene rings is 1. The first-order valence-electron chi connectivity index (χ1n) is 6.74. The van der Waals surface area contributed by atoms with Crippen molar-refractivity contribution in [2.24, 2.45) is 5.73 Å². The number of aryl methyl sites for hydroxylation is 1. The van der Waals surface area contributed by atoms with Crippen LogP contribution in [0.15, 0.2) is 47.8 Å². The van der Waals surface area contributed by atoms with E-state index in [0.29, 0.717) is 5.56 Å². The molecule has 3 aromatic rings. The largest absolute Gasteiger partial charge is 0.381 e. The van der Waals surface area contributed by atoms with E-state index >= 15 is 0 Å². The van der Waals surface area contributed by atoms with Gasteiger partial charge in [-0.25, -0.2) is 0 Å². The van der Waals surface area contributed by atoms with E-state index in [1.54, 1.807) is 17.4 Å². The summed E-state index contributed by atoms with van der Waals surface area (Å²) in [4.78, 5) is 11.2. The van der Waals surface area contributed by atoms with Crippen molar-refractivity contribution in [3.63, 3.8) is 0 Å². The molecular weight excluding hydrogens is 280 g/mol. The summed E-state index contributed by atoms with van der Waals surface area (Å²) in [5.41, 5.74) is 9.16. The van der Waals surface area contributed by atoms with Gasteiger partial charge >= 0.3 is 0 Å². The molecule has 0 fully saturated rings. The second-order valence-corrected chi connectivity index (χ2v) is 5.92. The average Bonchev–Trinajstić information content (AvgIpc) is 2.89. The molecule has 1 heterocycles. The lowest BCUT2D eigenvalue weighted by atomic mass is 10.1. The van der Waals surface area contributed by atoms with Crippen LogP contribution in [0.5, 0.6) is 0 Å². The van der Waals surface area contributed by atoms with Gasteiger partial charge in [-0.15, -0.1) is 11.3 Å². The lowest BCUT2D eigenvalue weighted by molar-refractivity contribution is 0.1000. The molecular formula is C17H16N2OS. The number of carbonyl (C=O) groups excluding carboxylic acids is 1. The third-order valence-electron chi connectivity index (χ3n) is 3.54. The van der Waals surface area contributed by atoms with Crippen molar-refractivity contribution in [2.45, 2.75) is 13.5 Å². The summed E-state index contributed by atoms with van der Waals surface area (Å²) in [6, 6.07) is 13.9. The van der Waals surface area contributed by atoms with E-state index in [1.807, 2.05) is 19.1 Å². The maximum atomic E-state index is 11.2. The van der Waals surface area contributed by atoms with Crippen LogP contribution in [-0.2, 0) is 6.54 Å². The maximum absolute atomic E-state index is 11.2. The van der Waals surface area contributed by atoms with Gasteiger partial charge in [-0.1, -0.05) is 18.2 Å². The molecule has 1 aromatic heterocycles. The van der Waals surface area contributed by atoms with Gasteiger partial charge < -0.3 is 11.1 Å². The van der Waals surface area contributed by atoms with Crippen LogP contribution in [-0.4, -0.2) is 5.91 Å². The molecule has 3 nitrogen and oxygen atoms in total. The second kappa shape index (κ2) is 5.58. The molecule has 0 radical (unpaired) electrons. The first kappa shape index (κ1) is 13.6. The van der Waals surface area contributed by atoms with Crippen molar-refractivity contribution in [3.8, 4) is 0 Å². The lowest BCUT2D eigenvalue weighted by Gasteiger charge is -2.10. The Labute approximate surface area is 127 Å². The SMILES string of the molecule is Cc1cc(C(N)=O)ccc1NCc1csc2ccccc12. The summed E-state index contributed by atoms with van der Waals surface area (Å²) < 4.78 is 1.30. The van der Waals surface area contributed by atoms with E-state index in [0.717, 1.165) is 17.8 Å². The lowest BCUT2D eigenvalue weighted by Crippen LogP contribution is -2.11. The number of rotatable bonds is 4.